The van der Waals surface area contributed by atoms with Crippen molar-refractivity contribution >= 4 is 11.9 Å². The first kappa shape index (κ1) is 26.0. The Balaban J connectivity index is 0.000000421. The number of fused-ring (bicyclic) bond motifs is 1. The number of aliphatic carboxylic acids is 2. The molecule has 2 aliphatic heterocycles. The Bertz CT molecular complexity index is 1150. The molecule has 7 atom stereocenters. The number of hydrogen-bond donors (Lipinski definition) is 3. The minimum atomic E-state index is -1.82. The Labute approximate surface area is 217 Å². The van der Waals surface area contributed by atoms with Crippen LogP contribution in [0.3, 0.4) is 0 Å². The number of carboxylic acid groups (broad SMARTS) is 2. The normalized spacial score (nSPS) is 37.5. The topological polar surface area (TPSA) is 126 Å². The average molecular weight is 516 g/mol. The molecule has 4 aliphatic carbocycles. The van der Waals surface area contributed by atoms with E-state index in [2.05, 4.69) is 43.2 Å². The van der Waals surface area contributed by atoms with Crippen LogP contribution in [0.2, 0.25) is 0 Å². The van der Waals surface area contributed by atoms with Crippen LogP contribution in [-0.4, -0.2) is 83.3 Å². The molecular formula is C28H37NO8. The van der Waals surface area contributed by atoms with Crippen molar-refractivity contribution in [2.24, 2.45) is 11.3 Å². The molecule has 1 aromatic carbocycles. The van der Waals surface area contributed by atoms with Crippen LogP contribution < -0.4 is 9.47 Å². The van der Waals surface area contributed by atoms with Crippen LogP contribution in [-0.2, 0) is 26.2 Å². The van der Waals surface area contributed by atoms with Crippen LogP contribution in [0.15, 0.2) is 24.3 Å². The number of aliphatic hydroxyl groups is 1. The summed E-state index contributed by atoms with van der Waals surface area (Å²) in [5.74, 6) is -1.94. The predicted molar refractivity (Wildman–Crippen MR) is 134 cm³/mol. The molecule has 1 aromatic rings. The third-order valence-corrected chi connectivity index (χ3v) is 9.97. The lowest BCUT2D eigenvalue weighted by molar-refractivity contribution is -0.247. The Morgan fingerprint density at radius 2 is 1.92 bits per heavy atom. The molecule has 4 bridgehead atoms. The molecule has 0 aromatic heterocycles. The molecule has 37 heavy (non-hydrogen) atoms. The summed E-state index contributed by atoms with van der Waals surface area (Å²) in [7, 11) is 5.80. The maximum absolute atomic E-state index is 11.7. The third kappa shape index (κ3) is 3.14. The van der Waals surface area contributed by atoms with Crippen molar-refractivity contribution in [3.8, 4) is 11.5 Å². The lowest BCUT2D eigenvalue weighted by Crippen LogP contribution is -2.80. The minimum absolute atomic E-state index is 0.0241. The molecule has 3 N–H and O–H groups in total. The van der Waals surface area contributed by atoms with Gasteiger partial charge in [-0.25, -0.2) is 9.59 Å². The highest BCUT2D eigenvalue weighted by Gasteiger charge is 2.80. The van der Waals surface area contributed by atoms with Gasteiger partial charge in [0.05, 0.1) is 18.1 Å². The van der Waals surface area contributed by atoms with E-state index in [0.29, 0.717) is 6.04 Å². The molecule has 7 rings (SSSR count). The van der Waals surface area contributed by atoms with E-state index >= 15 is 0 Å². The van der Waals surface area contributed by atoms with Crippen LogP contribution >= 0.6 is 0 Å². The van der Waals surface area contributed by atoms with Gasteiger partial charge < -0.3 is 34.4 Å². The van der Waals surface area contributed by atoms with Gasteiger partial charge in [-0.05, 0) is 57.8 Å². The van der Waals surface area contributed by atoms with Gasteiger partial charge in [0.2, 0.25) is 0 Å². The Hall–Kier alpha value is -2.62. The van der Waals surface area contributed by atoms with Gasteiger partial charge >= 0.3 is 11.9 Å². The van der Waals surface area contributed by atoms with E-state index in [-0.39, 0.29) is 22.9 Å². The molecule has 6 aliphatic rings. The first-order valence-electron chi connectivity index (χ1n) is 13.0. The number of rotatable bonds is 5. The van der Waals surface area contributed by atoms with Gasteiger partial charge in [0.25, 0.3) is 0 Å². The number of carbonyl (C=O) groups is 2. The molecule has 2 heterocycles. The predicted octanol–water partition coefficient (Wildman–Crippen LogP) is 2.62. The molecule has 2 fully saturated rings. The van der Waals surface area contributed by atoms with Crippen molar-refractivity contribution in [2.75, 3.05) is 27.8 Å². The van der Waals surface area contributed by atoms with Crippen LogP contribution in [0, 0.1) is 11.3 Å². The van der Waals surface area contributed by atoms with E-state index in [9.17, 15) is 5.11 Å². The fraction of sp³-hybridized carbons (Fsp3) is 0.643. The van der Waals surface area contributed by atoms with E-state index in [4.69, 9.17) is 34.0 Å². The summed E-state index contributed by atoms with van der Waals surface area (Å²) >= 11 is 0. The third-order valence-electron chi connectivity index (χ3n) is 9.97. The van der Waals surface area contributed by atoms with Crippen molar-refractivity contribution in [2.45, 2.75) is 74.7 Å². The van der Waals surface area contributed by atoms with Crippen molar-refractivity contribution in [1.82, 2.24) is 4.90 Å². The summed E-state index contributed by atoms with van der Waals surface area (Å²) in [6.07, 6.45) is 9.25. The van der Waals surface area contributed by atoms with Gasteiger partial charge in [0, 0.05) is 30.0 Å². The smallest absolute Gasteiger partial charge is 0.414 e. The summed E-state index contributed by atoms with van der Waals surface area (Å²) in [6.45, 7) is 5.20. The second kappa shape index (κ2) is 8.44. The molecular weight excluding hydrogens is 478 g/mol. The molecule has 1 saturated heterocycles. The number of hydrogen-bond acceptors (Lipinski definition) is 7. The zero-order valence-electron chi connectivity index (χ0n) is 22.1. The zero-order valence-corrected chi connectivity index (χ0v) is 22.1. The number of methoxy groups -OCH3 is 2. The molecule has 4 unspecified atom stereocenters. The first-order valence-corrected chi connectivity index (χ1v) is 13.0. The lowest BCUT2D eigenvalue weighted by atomic mass is 9.36. The van der Waals surface area contributed by atoms with Crippen LogP contribution in [0.1, 0.15) is 50.7 Å². The number of benzene rings is 1. The van der Waals surface area contributed by atoms with Crippen molar-refractivity contribution < 1.29 is 39.1 Å². The maximum Gasteiger partial charge on any atom is 0.414 e. The van der Waals surface area contributed by atoms with E-state index in [1.54, 1.807) is 14.2 Å². The highest BCUT2D eigenvalue weighted by atomic mass is 16.6. The van der Waals surface area contributed by atoms with Crippen LogP contribution in [0.4, 0.5) is 0 Å². The van der Waals surface area contributed by atoms with E-state index in [0.717, 1.165) is 50.1 Å². The van der Waals surface area contributed by atoms with E-state index < -0.39 is 23.1 Å². The van der Waals surface area contributed by atoms with Gasteiger partial charge in [-0.15, -0.1) is 0 Å². The zero-order chi connectivity index (χ0) is 27.0. The summed E-state index contributed by atoms with van der Waals surface area (Å²) < 4.78 is 19.1. The lowest BCUT2D eigenvalue weighted by Gasteiger charge is -2.72. The fourth-order valence-electron chi connectivity index (χ4n) is 8.59. The van der Waals surface area contributed by atoms with Gasteiger partial charge in [-0.1, -0.05) is 31.6 Å². The first-order chi connectivity index (χ1) is 17.5. The van der Waals surface area contributed by atoms with Gasteiger partial charge in [0.15, 0.2) is 11.5 Å². The SMILES string of the molecule is CCCC(C)(O)C1C[C@]23C=C[C@@]1(OC)[C@H]1Oc4c(OC)ccc5c4C12CCN(C)C3C5.O=C(O)C(=O)O. The maximum atomic E-state index is 11.7. The second-order valence-electron chi connectivity index (χ2n) is 11.5. The fourth-order valence-corrected chi connectivity index (χ4v) is 8.59. The standard InChI is InChI=1S/C26H35NO4.C2H2O4/c1-6-9-23(2,28)18-15-24-10-11-26(18,30-5)22-25(24)12-13-27(3)19(24)14-16-7-8-17(29-4)21(31-22)20(16)25;3-1(4)2(5)6/h7-8,10-11,18-19,22,28H,6,9,12-15H2,1-5H3;(H,3,4)(H,5,6)/t18?,19?,22-,23?,24-,25?,26-;/m0./s1. The van der Waals surface area contributed by atoms with E-state index in [1.807, 2.05) is 6.92 Å². The van der Waals surface area contributed by atoms with Crippen LogP contribution in [0.25, 0.3) is 0 Å². The highest BCUT2D eigenvalue weighted by Crippen LogP contribution is 2.75. The monoisotopic (exact) mass is 515 g/mol. The number of carboxylic acids is 2. The van der Waals surface area contributed by atoms with Gasteiger partial charge in [0.1, 0.15) is 11.7 Å². The summed E-state index contributed by atoms with van der Waals surface area (Å²) in [5.41, 5.74) is 1.08. The average Bonchev–Trinajstić information content (AvgIpc) is 3.23. The number of ether oxygens (including phenoxy) is 3. The molecule has 9 nitrogen and oxygen atoms in total. The molecule has 1 saturated carbocycles. The molecule has 0 radical (unpaired) electrons. The highest BCUT2D eigenvalue weighted by molar-refractivity contribution is 6.27. The van der Waals surface area contributed by atoms with Crippen molar-refractivity contribution in [3.63, 3.8) is 0 Å². The number of likely N-dealkylation sites (N-methyl/N-ethyl adjacent to an activating group) is 1. The van der Waals surface area contributed by atoms with Gasteiger partial charge in [-0.2, -0.15) is 0 Å². The Kier molecular flexibility index (Phi) is 5.93. The molecule has 0 amide bonds. The molecule has 202 valence electrons. The summed E-state index contributed by atoms with van der Waals surface area (Å²) in [6, 6.07) is 4.71. The number of piperidine rings is 1. The number of nitrogens with zero attached hydrogens (tertiary/aromatic N) is 1. The van der Waals surface area contributed by atoms with Crippen molar-refractivity contribution in [3.05, 3.63) is 35.4 Å². The minimum Gasteiger partial charge on any atom is -0.493 e. The Morgan fingerprint density at radius 1 is 1.22 bits per heavy atom. The summed E-state index contributed by atoms with van der Waals surface area (Å²) in [5, 5.41) is 26.5. The number of likely N-dealkylation sites (tertiary alicyclic amines) is 1. The molecule has 2 spiro atoms. The van der Waals surface area contributed by atoms with E-state index in [1.165, 1.54) is 11.1 Å². The second-order valence-corrected chi connectivity index (χ2v) is 11.5. The Morgan fingerprint density at radius 3 is 2.51 bits per heavy atom. The quantitative estimate of drug-likeness (QED) is 0.401. The van der Waals surface area contributed by atoms with Crippen molar-refractivity contribution in [1.29, 1.82) is 0 Å². The largest absolute Gasteiger partial charge is 0.493 e. The summed E-state index contributed by atoms with van der Waals surface area (Å²) in [4.78, 5) is 20.7. The van der Waals surface area contributed by atoms with Crippen LogP contribution in [0.5, 0.6) is 11.5 Å². The van der Waals surface area contributed by atoms with Gasteiger partial charge in [-0.3, -0.25) is 0 Å². The molecule has 9 heteroatoms.